The van der Waals surface area contributed by atoms with Crippen LogP contribution in [-0.2, 0) is 18.8 Å². The van der Waals surface area contributed by atoms with Gasteiger partial charge in [0.2, 0.25) is 11.9 Å². The number of rotatable bonds is 6. The molecule has 0 spiro atoms. The van der Waals surface area contributed by atoms with Crippen molar-refractivity contribution in [3.05, 3.63) is 12.4 Å². The summed E-state index contributed by atoms with van der Waals surface area (Å²) in [6.45, 7) is 18.5. The van der Waals surface area contributed by atoms with Crippen molar-refractivity contribution in [1.82, 2.24) is 20.2 Å². The molecule has 0 saturated carbocycles. The van der Waals surface area contributed by atoms with Crippen LogP contribution in [0, 0.1) is 5.92 Å². The van der Waals surface area contributed by atoms with Gasteiger partial charge in [0.05, 0.1) is 11.2 Å². The molecule has 2 aliphatic heterocycles. The maximum Gasteiger partial charge on any atom is 0.498 e. The SMILES string of the molecule is CC(C)C(NC(=O)OC(C)(C)C)C(=O)N1CCC[C@H](N(C)c2ncc(B3OC(C)(C)C(C)(C)O3)cn2)C1. The fraction of sp³-hybridized carbons (Fsp3) is 0.769. The van der Waals surface area contributed by atoms with Gasteiger partial charge in [-0.05, 0) is 67.2 Å². The molecule has 3 rings (SSSR count). The van der Waals surface area contributed by atoms with Gasteiger partial charge in [-0.3, -0.25) is 4.79 Å². The van der Waals surface area contributed by atoms with Gasteiger partial charge >= 0.3 is 13.2 Å². The van der Waals surface area contributed by atoms with E-state index in [1.807, 2.05) is 58.4 Å². The van der Waals surface area contributed by atoms with E-state index >= 15 is 0 Å². The lowest BCUT2D eigenvalue weighted by Gasteiger charge is -2.39. The second-order valence-corrected chi connectivity index (χ2v) is 12.5. The highest BCUT2D eigenvalue weighted by molar-refractivity contribution is 6.61. The Morgan fingerprint density at radius 3 is 2.24 bits per heavy atom. The standard InChI is InChI=1S/C26H44BN5O5/c1-17(2)20(30-23(34)35-24(3,4)5)21(33)32-13-11-12-19(16-32)31(10)22-28-14-18(15-29-22)27-36-25(6,7)26(8,9)37-27/h14-15,17,19-20H,11-13,16H2,1-10H3,(H,30,34)/t19-,20?/m0/s1. The Bertz CT molecular complexity index is 947. The summed E-state index contributed by atoms with van der Waals surface area (Å²) >= 11 is 0. The highest BCUT2D eigenvalue weighted by Crippen LogP contribution is 2.36. The average Bonchev–Trinajstić information content (AvgIpc) is 3.02. The highest BCUT2D eigenvalue weighted by Gasteiger charge is 2.52. The molecule has 37 heavy (non-hydrogen) atoms. The van der Waals surface area contributed by atoms with E-state index in [1.54, 1.807) is 33.2 Å². The highest BCUT2D eigenvalue weighted by atomic mass is 16.7. The summed E-state index contributed by atoms with van der Waals surface area (Å²) in [5.41, 5.74) is -0.732. The number of anilines is 1. The Morgan fingerprint density at radius 1 is 1.16 bits per heavy atom. The minimum absolute atomic E-state index is 0.0507. The molecule has 0 radical (unpaired) electrons. The number of alkyl carbamates (subject to hydrolysis) is 1. The van der Waals surface area contributed by atoms with E-state index in [4.69, 9.17) is 14.0 Å². The lowest BCUT2D eigenvalue weighted by molar-refractivity contribution is -0.135. The quantitative estimate of drug-likeness (QED) is 0.575. The topological polar surface area (TPSA) is 106 Å². The normalized spacial score (nSPS) is 22.1. The zero-order valence-electron chi connectivity index (χ0n) is 24.1. The lowest BCUT2D eigenvalue weighted by atomic mass is 9.81. The number of piperidine rings is 1. The monoisotopic (exact) mass is 517 g/mol. The number of nitrogens with zero attached hydrogens (tertiary/aromatic N) is 4. The summed E-state index contributed by atoms with van der Waals surface area (Å²) in [6.07, 6.45) is 4.66. The van der Waals surface area contributed by atoms with E-state index < -0.39 is 36.1 Å². The number of nitrogens with one attached hydrogen (secondary N) is 1. The first-order valence-electron chi connectivity index (χ1n) is 13.2. The second kappa shape index (κ2) is 10.8. The van der Waals surface area contributed by atoms with E-state index in [-0.39, 0.29) is 17.9 Å². The predicted molar refractivity (Wildman–Crippen MR) is 144 cm³/mol. The fourth-order valence-electron chi connectivity index (χ4n) is 4.39. The molecule has 206 valence electrons. The number of carbonyl (C=O) groups excluding carboxylic acids is 2. The van der Waals surface area contributed by atoms with Crippen LogP contribution in [0.15, 0.2) is 12.4 Å². The van der Waals surface area contributed by atoms with Crippen LogP contribution in [0.4, 0.5) is 10.7 Å². The molecular formula is C26H44BN5O5. The molecule has 2 saturated heterocycles. The number of aromatic nitrogens is 2. The third-order valence-corrected chi connectivity index (χ3v) is 7.36. The summed E-state index contributed by atoms with van der Waals surface area (Å²) in [6, 6.07) is -0.607. The molecule has 2 fully saturated rings. The van der Waals surface area contributed by atoms with E-state index in [9.17, 15) is 9.59 Å². The van der Waals surface area contributed by atoms with Gasteiger partial charge < -0.3 is 29.2 Å². The Morgan fingerprint density at radius 2 is 1.73 bits per heavy atom. The third-order valence-electron chi connectivity index (χ3n) is 7.36. The number of likely N-dealkylation sites (N-methyl/N-ethyl adjacent to an activating group) is 1. The molecule has 1 aromatic heterocycles. The van der Waals surface area contributed by atoms with Gasteiger partial charge in [0.25, 0.3) is 0 Å². The van der Waals surface area contributed by atoms with Gasteiger partial charge in [-0.25, -0.2) is 14.8 Å². The first-order valence-corrected chi connectivity index (χ1v) is 13.2. The molecule has 1 N–H and O–H groups in total. The van der Waals surface area contributed by atoms with Crippen molar-refractivity contribution in [2.24, 2.45) is 5.92 Å². The fourth-order valence-corrected chi connectivity index (χ4v) is 4.39. The second-order valence-electron chi connectivity index (χ2n) is 12.5. The van der Waals surface area contributed by atoms with Crippen LogP contribution in [0.1, 0.15) is 75.2 Å². The Hall–Kier alpha value is -2.40. The van der Waals surface area contributed by atoms with Crippen molar-refractivity contribution in [3.8, 4) is 0 Å². The van der Waals surface area contributed by atoms with Crippen LogP contribution >= 0.6 is 0 Å². The van der Waals surface area contributed by atoms with Gasteiger partial charge in [0, 0.05) is 44.0 Å². The minimum atomic E-state index is -0.658. The summed E-state index contributed by atoms with van der Waals surface area (Å²) in [5, 5.41) is 2.78. The molecule has 1 unspecified atom stereocenters. The number of amides is 2. The molecule has 10 nitrogen and oxygen atoms in total. The van der Waals surface area contributed by atoms with E-state index in [1.165, 1.54) is 0 Å². The molecule has 11 heteroatoms. The van der Waals surface area contributed by atoms with Crippen molar-refractivity contribution < 1.29 is 23.6 Å². The maximum atomic E-state index is 13.4. The average molecular weight is 517 g/mol. The zero-order valence-corrected chi connectivity index (χ0v) is 24.1. The van der Waals surface area contributed by atoms with Crippen molar-refractivity contribution >= 4 is 30.5 Å². The Labute approximate surface area is 222 Å². The first kappa shape index (κ1) is 29.2. The largest absolute Gasteiger partial charge is 0.498 e. The number of carbonyl (C=O) groups is 2. The van der Waals surface area contributed by atoms with E-state index in [0.29, 0.717) is 19.0 Å². The molecular weight excluding hydrogens is 473 g/mol. The van der Waals surface area contributed by atoms with Gasteiger partial charge in [0.15, 0.2) is 0 Å². The Balaban J connectivity index is 1.65. The maximum absolute atomic E-state index is 13.4. The van der Waals surface area contributed by atoms with Crippen molar-refractivity contribution in [1.29, 1.82) is 0 Å². The number of hydrogen-bond acceptors (Lipinski definition) is 8. The van der Waals surface area contributed by atoms with Crippen LogP contribution in [0.2, 0.25) is 0 Å². The van der Waals surface area contributed by atoms with Crippen molar-refractivity contribution in [3.63, 3.8) is 0 Å². The van der Waals surface area contributed by atoms with Gasteiger partial charge in [-0.2, -0.15) is 0 Å². The van der Waals surface area contributed by atoms with E-state index in [0.717, 1.165) is 18.3 Å². The molecule has 3 heterocycles. The zero-order chi connectivity index (χ0) is 27.8. The van der Waals surface area contributed by atoms with Crippen LogP contribution in [0.3, 0.4) is 0 Å². The summed E-state index contributed by atoms with van der Waals surface area (Å²) in [4.78, 5) is 38.8. The molecule has 1 aromatic rings. The summed E-state index contributed by atoms with van der Waals surface area (Å²) in [5.74, 6) is 0.395. The predicted octanol–water partition coefficient (Wildman–Crippen LogP) is 2.75. The minimum Gasteiger partial charge on any atom is -0.444 e. The van der Waals surface area contributed by atoms with Gasteiger partial charge in [-0.15, -0.1) is 0 Å². The third kappa shape index (κ3) is 6.93. The van der Waals surface area contributed by atoms with Crippen LogP contribution in [-0.4, -0.2) is 83.0 Å². The lowest BCUT2D eigenvalue weighted by Crippen LogP contribution is -2.56. The van der Waals surface area contributed by atoms with Crippen molar-refractivity contribution in [2.75, 3.05) is 25.0 Å². The van der Waals surface area contributed by atoms with E-state index in [2.05, 4.69) is 15.3 Å². The molecule has 2 atom stereocenters. The molecule has 0 aliphatic carbocycles. The molecule has 0 aromatic carbocycles. The molecule has 2 aliphatic rings. The van der Waals surface area contributed by atoms with Gasteiger partial charge in [-0.1, -0.05) is 13.8 Å². The number of ether oxygens (including phenoxy) is 1. The number of likely N-dealkylation sites (tertiary alicyclic amines) is 1. The number of hydrogen-bond donors (Lipinski definition) is 1. The van der Waals surface area contributed by atoms with Crippen LogP contribution in [0.5, 0.6) is 0 Å². The first-order chi connectivity index (χ1) is 17.0. The molecule has 2 amide bonds. The summed E-state index contributed by atoms with van der Waals surface area (Å²) in [7, 11) is 1.43. The molecule has 0 bridgehead atoms. The van der Waals surface area contributed by atoms with Gasteiger partial charge in [0.1, 0.15) is 11.6 Å². The smallest absolute Gasteiger partial charge is 0.444 e. The van der Waals surface area contributed by atoms with Crippen molar-refractivity contribution in [2.45, 2.75) is 104 Å². The van der Waals surface area contributed by atoms with Crippen LogP contribution in [0.25, 0.3) is 0 Å². The summed E-state index contributed by atoms with van der Waals surface area (Å²) < 4.78 is 17.6. The Kier molecular flexibility index (Phi) is 8.49. The van der Waals surface area contributed by atoms with Crippen LogP contribution < -0.4 is 15.7 Å².